The molecule has 6 nitrogen and oxygen atoms in total. The standard InChI is InChI=1S/C20H23N5O/c1-21-19-11-15(8-9-22-19)16-5-4-10-24(12-16)20(26)13-25-14-23-17-6-2-3-7-18(17)25/h2-3,6-9,11,14,16H,4-5,10,12-13H2,1H3,(H,21,22)/t16-/m0/s1. The number of anilines is 1. The van der Waals surface area contributed by atoms with Crippen LogP contribution in [-0.2, 0) is 11.3 Å². The predicted molar refractivity (Wildman–Crippen MR) is 102 cm³/mol. The van der Waals surface area contributed by atoms with Crippen LogP contribution in [0.5, 0.6) is 0 Å². The highest BCUT2D eigenvalue weighted by molar-refractivity contribution is 5.80. The number of pyridine rings is 1. The number of nitrogens with zero attached hydrogens (tertiary/aromatic N) is 4. The Kier molecular flexibility index (Phi) is 4.56. The largest absolute Gasteiger partial charge is 0.373 e. The van der Waals surface area contributed by atoms with Gasteiger partial charge < -0.3 is 14.8 Å². The van der Waals surface area contributed by atoms with E-state index in [0.29, 0.717) is 12.5 Å². The molecule has 1 aliphatic heterocycles. The van der Waals surface area contributed by atoms with Gasteiger partial charge in [-0.05, 0) is 42.7 Å². The van der Waals surface area contributed by atoms with Crippen LogP contribution in [0.1, 0.15) is 24.3 Å². The minimum Gasteiger partial charge on any atom is -0.373 e. The summed E-state index contributed by atoms with van der Waals surface area (Å²) in [4.78, 5) is 23.5. The monoisotopic (exact) mass is 349 g/mol. The number of piperidine rings is 1. The van der Waals surface area contributed by atoms with E-state index in [1.54, 1.807) is 6.33 Å². The van der Waals surface area contributed by atoms with Gasteiger partial charge in [0.1, 0.15) is 12.4 Å². The second kappa shape index (κ2) is 7.15. The lowest BCUT2D eigenvalue weighted by molar-refractivity contribution is -0.133. The van der Waals surface area contributed by atoms with E-state index in [4.69, 9.17) is 0 Å². The lowest BCUT2D eigenvalue weighted by atomic mass is 9.91. The smallest absolute Gasteiger partial charge is 0.242 e. The van der Waals surface area contributed by atoms with Gasteiger partial charge >= 0.3 is 0 Å². The summed E-state index contributed by atoms with van der Waals surface area (Å²) >= 11 is 0. The van der Waals surface area contributed by atoms with E-state index >= 15 is 0 Å². The first-order chi connectivity index (χ1) is 12.7. The van der Waals surface area contributed by atoms with Crippen molar-refractivity contribution in [3.8, 4) is 0 Å². The molecule has 6 heteroatoms. The van der Waals surface area contributed by atoms with Crippen LogP contribution >= 0.6 is 0 Å². The van der Waals surface area contributed by atoms with E-state index in [1.807, 2.05) is 47.0 Å². The number of carbonyl (C=O) groups is 1. The van der Waals surface area contributed by atoms with Crippen LogP contribution in [0.2, 0.25) is 0 Å². The number of likely N-dealkylation sites (tertiary alicyclic amines) is 1. The van der Waals surface area contributed by atoms with Gasteiger partial charge in [0, 0.05) is 32.3 Å². The molecular weight excluding hydrogens is 326 g/mol. The van der Waals surface area contributed by atoms with Crippen LogP contribution < -0.4 is 5.32 Å². The summed E-state index contributed by atoms with van der Waals surface area (Å²) < 4.78 is 1.94. The van der Waals surface area contributed by atoms with Gasteiger partial charge in [-0.25, -0.2) is 9.97 Å². The van der Waals surface area contributed by atoms with Crippen LogP contribution in [0.25, 0.3) is 11.0 Å². The van der Waals surface area contributed by atoms with Gasteiger partial charge in [-0.3, -0.25) is 4.79 Å². The first-order valence-electron chi connectivity index (χ1n) is 9.06. The lowest BCUT2D eigenvalue weighted by Gasteiger charge is -2.33. The minimum atomic E-state index is 0.153. The first kappa shape index (κ1) is 16.6. The van der Waals surface area contributed by atoms with Crippen LogP contribution in [0.4, 0.5) is 5.82 Å². The molecule has 2 aromatic heterocycles. The molecule has 1 amide bonds. The molecule has 3 aromatic rings. The number of benzene rings is 1. The van der Waals surface area contributed by atoms with E-state index in [9.17, 15) is 4.79 Å². The molecule has 0 unspecified atom stereocenters. The van der Waals surface area contributed by atoms with E-state index in [0.717, 1.165) is 42.8 Å². The van der Waals surface area contributed by atoms with Gasteiger partial charge in [-0.2, -0.15) is 0 Å². The predicted octanol–water partition coefficient (Wildman–Crippen LogP) is 2.88. The molecule has 1 saturated heterocycles. The second-order valence-electron chi connectivity index (χ2n) is 6.76. The molecule has 0 spiro atoms. The minimum absolute atomic E-state index is 0.153. The second-order valence-corrected chi connectivity index (χ2v) is 6.76. The Morgan fingerprint density at radius 1 is 1.27 bits per heavy atom. The number of hydrogen-bond donors (Lipinski definition) is 1. The fourth-order valence-corrected chi connectivity index (χ4v) is 3.70. The van der Waals surface area contributed by atoms with Gasteiger partial charge in [0.05, 0.1) is 17.4 Å². The Hall–Kier alpha value is -2.89. The molecular formula is C20H23N5O. The Morgan fingerprint density at radius 3 is 3.04 bits per heavy atom. The zero-order chi connectivity index (χ0) is 17.9. The molecule has 1 N–H and O–H groups in total. The maximum atomic E-state index is 12.9. The molecule has 1 aliphatic rings. The molecule has 0 aliphatic carbocycles. The van der Waals surface area contributed by atoms with Gasteiger partial charge in [-0.1, -0.05) is 12.1 Å². The SMILES string of the molecule is CNc1cc([C@H]2CCCN(C(=O)Cn3cnc4ccccc43)C2)ccn1. The summed E-state index contributed by atoms with van der Waals surface area (Å²) in [5.41, 5.74) is 3.17. The van der Waals surface area contributed by atoms with Crippen molar-refractivity contribution in [1.29, 1.82) is 0 Å². The topological polar surface area (TPSA) is 63.1 Å². The number of fused-ring (bicyclic) bond motifs is 1. The summed E-state index contributed by atoms with van der Waals surface area (Å²) in [7, 11) is 1.87. The van der Waals surface area contributed by atoms with Gasteiger partial charge in [0.25, 0.3) is 0 Å². The molecule has 26 heavy (non-hydrogen) atoms. The summed E-state index contributed by atoms with van der Waals surface area (Å²) in [6, 6.07) is 12.1. The third-order valence-corrected chi connectivity index (χ3v) is 5.12. The van der Waals surface area contributed by atoms with Crippen LogP contribution in [-0.4, -0.2) is 45.5 Å². The van der Waals surface area contributed by atoms with E-state index < -0.39 is 0 Å². The Morgan fingerprint density at radius 2 is 2.15 bits per heavy atom. The van der Waals surface area contributed by atoms with E-state index in [2.05, 4.69) is 27.4 Å². The highest BCUT2D eigenvalue weighted by Crippen LogP contribution is 2.28. The number of para-hydroxylation sites is 2. The average molecular weight is 349 g/mol. The third kappa shape index (κ3) is 3.27. The van der Waals surface area contributed by atoms with Crippen LogP contribution in [0.3, 0.4) is 0 Å². The Labute approximate surface area is 152 Å². The highest BCUT2D eigenvalue weighted by atomic mass is 16.2. The summed E-state index contributed by atoms with van der Waals surface area (Å²) in [6.07, 6.45) is 5.72. The number of imidazole rings is 1. The Bertz CT molecular complexity index is 919. The highest BCUT2D eigenvalue weighted by Gasteiger charge is 2.25. The normalized spacial score (nSPS) is 17.4. The van der Waals surface area contributed by atoms with Crippen molar-refractivity contribution in [3.63, 3.8) is 0 Å². The molecule has 134 valence electrons. The number of aromatic nitrogens is 3. The fourth-order valence-electron chi connectivity index (χ4n) is 3.70. The molecule has 4 rings (SSSR count). The van der Waals surface area contributed by atoms with Gasteiger partial charge in [-0.15, -0.1) is 0 Å². The fraction of sp³-hybridized carbons (Fsp3) is 0.350. The third-order valence-electron chi connectivity index (χ3n) is 5.12. The van der Waals surface area contributed by atoms with Gasteiger partial charge in [0.2, 0.25) is 5.91 Å². The number of nitrogens with one attached hydrogen (secondary N) is 1. The summed E-state index contributed by atoms with van der Waals surface area (Å²) in [6.45, 7) is 1.93. The van der Waals surface area contributed by atoms with Crippen molar-refractivity contribution < 1.29 is 4.79 Å². The Balaban J connectivity index is 1.47. The van der Waals surface area contributed by atoms with Crippen molar-refractivity contribution in [2.45, 2.75) is 25.3 Å². The number of hydrogen-bond acceptors (Lipinski definition) is 4. The summed E-state index contributed by atoms with van der Waals surface area (Å²) in [5, 5.41) is 3.09. The first-order valence-corrected chi connectivity index (χ1v) is 9.06. The van der Waals surface area contributed by atoms with Crippen molar-refractivity contribution >= 4 is 22.8 Å². The average Bonchev–Trinajstić information content (AvgIpc) is 3.11. The molecule has 0 radical (unpaired) electrons. The quantitative estimate of drug-likeness (QED) is 0.787. The zero-order valence-corrected chi connectivity index (χ0v) is 14.9. The number of carbonyl (C=O) groups excluding carboxylic acids is 1. The zero-order valence-electron chi connectivity index (χ0n) is 14.9. The number of rotatable bonds is 4. The molecule has 0 bridgehead atoms. The van der Waals surface area contributed by atoms with Crippen molar-refractivity contribution in [2.24, 2.45) is 0 Å². The van der Waals surface area contributed by atoms with Crippen molar-refractivity contribution in [3.05, 3.63) is 54.5 Å². The molecule has 1 fully saturated rings. The van der Waals surface area contributed by atoms with Crippen LogP contribution in [0, 0.1) is 0 Å². The molecule has 0 saturated carbocycles. The molecule has 1 atom stereocenters. The lowest BCUT2D eigenvalue weighted by Crippen LogP contribution is -2.40. The maximum absolute atomic E-state index is 12.9. The van der Waals surface area contributed by atoms with E-state index in [1.165, 1.54) is 5.56 Å². The van der Waals surface area contributed by atoms with Crippen molar-refractivity contribution in [1.82, 2.24) is 19.4 Å². The number of amides is 1. The van der Waals surface area contributed by atoms with Crippen LogP contribution in [0.15, 0.2) is 48.9 Å². The van der Waals surface area contributed by atoms with Gasteiger partial charge in [0.15, 0.2) is 0 Å². The van der Waals surface area contributed by atoms with Crippen molar-refractivity contribution in [2.75, 3.05) is 25.5 Å². The molecule has 3 heterocycles. The molecule has 1 aromatic carbocycles. The summed E-state index contributed by atoms with van der Waals surface area (Å²) in [5.74, 6) is 1.39. The van der Waals surface area contributed by atoms with E-state index in [-0.39, 0.29) is 5.91 Å². The maximum Gasteiger partial charge on any atom is 0.242 e.